The largest absolute Gasteiger partial charge is 0.368 e. The molecule has 0 saturated carbocycles. The third-order valence-corrected chi connectivity index (χ3v) is 5.72. The number of H-pyrrole nitrogens is 1. The number of rotatable bonds is 3. The second kappa shape index (κ2) is 7.07. The number of fused-ring (bicyclic) bond motifs is 2. The zero-order valence-electron chi connectivity index (χ0n) is 16.1. The molecule has 2 aromatic carbocycles. The van der Waals surface area contributed by atoms with Crippen molar-refractivity contribution in [3.8, 4) is 0 Å². The first-order chi connectivity index (χ1) is 14.5. The van der Waals surface area contributed by atoms with E-state index in [4.69, 9.17) is 0 Å². The molecule has 1 aromatic heterocycles. The van der Waals surface area contributed by atoms with E-state index in [-0.39, 0.29) is 29.9 Å². The van der Waals surface area contributed by atoms with E-state index < -0.39 is 0 Å². The number of nitrogens with one attached hydrogen (secondary N) is 1. The van der Waals surface area contributed by atoms with E-state index in [0.29, 0.717) is 53.9 Å². The number of aromatic nitrogens is 1. The minimum absolute atomic E-state index is 0.227. The van der Waals surface area contributed by atoms with Crippen LogP contribution in [0.15, 0.2) is 53.3 Å². The van der Waals surface area contributed by atoms with Crippen molar-refractivity contribution in [2.75, 3.05) is 37.7 Å². The molecule has 0 spiro atoms. The van der Waals surface area contributed by atoms with Crippen LogP contribution in [0.25, 0.3) is 10.9 Å². The van der Waals surface area contributed by atoms with Gasteiger partial charge in [-0.25, -0.2) is 4.39 Å². The highest BCUT2D eigenvalue weighted by Gasteiger charge is 2.36. The van der Waals surface area contributed by atoms with Crippen LogP contribution < -0.4 is 10.5 Å². The zero-order chi connectivity index (χ0) is 20.8. The molecule has 2 aliphatic rings. The molecule has 7 nitrogen and oxygen atoms in total. The molecule has 3 heterocycles. The number of amides is 2. The van der Waals surface area contributed by atoms with Crippen molar-refractivity contribution in [2.24, 2.45) is 0 Å². The van der Waals surface area contributed by atoms with Crippen molar-refractivity contribution in [3.63, 3.8) is 0 Å². The van der Waals surface area contributed by atoms with Gasteiger partial charge in [0.15, 0.2) is 0 Å². The average molecular weight is 406 g/mol. The number of benzene rings is 2. The van der Waals surface area contributed by atoms with Gasteiger partial charge < -0.3 is 9.88 Å². The minimum Gasteiger partial charge on any atom is -0.368 e. The number of anilines is 1. The number of nitrogens with zero attached hydrogens (tertiary/aromatic N) is 3. The van der Waals surface area contributed by atoms with Crippen LogP contribution >= 0.6 is 0 Å². The highest BCUT2D eigenvalue weighted by molar-refractivity contribution is 6.21. The summed E-state index contributed by atoms with van der Waals surface area (Å²) in [6, 6.07) is 12.6. The Hall–Kier alpha value is -3.52. The normalized spacial score (nSPS) is 17.1. The van der Waals surface area contributed by atoms with Gasteiger partial charge in [0.05, 0.1) is 29.0 Å². The van der Waals surface area contributed by atoms with Crippen molar-refractivity contribution >= 4 is 28.4 Å². The van der Waals surface area contributed by atoms with Gasteiger partial charge in [-0.1, -0.05) is 12.1 Å². The Labute approximate surface area is 171 Å². The fourth-order valence-corrected chi connectivity index (χ4v) is 4.17. The third-order valence-electron chi connectivity index (χ3n) is 5.72. The Bertz CT molecular complexity index is 1200. The summed E-state index contributed by atoms with van der Waals surface area (Å²) in [5, 5.41) is 0.656. The number of carbonyl (C=O) groups is 2. The molecule has 0 radical (unpaired) electrons. The summed E-state index contributed by atoms with van der Waals surface area (Å²) in [5.74, 6) is -0.900. The molecule has 0 unspecified atom stereocenters. The molecule has 2 amide bonds. The first-order valence-corrected chi connectivity index (χ1v) is 9.76. The SMILES string of the molecule is O=C1c2ccccc2C(=O)N1CN1CCN(c2cc(=O)[nH]c3ccc(F)cc23)CC1. The lowest BCUT2D eigenvalue weighted by Crippen LogP contribution is -2.51. The second-order valence-corrected chi connectivity index (χ2v) is 7.54. The van der Waals surface area contributed by atoms with E-state index in [0.717, 1.165) is 0 Å². The molecule has 2 aliphatic heterocycles. The molecule has 5 rings (SSSR count). The van der Waals surface area contributed by atoms with E-state index in [1.54, 1.807) is 30.3 Å². The molecule has 0 bridgehead atoms. The maximum atomic E-state index is 13.8. The quantitative estimate of drug-likeness (QED) is 0.674. The molecular weight excluding hydrogens is 387 g/mol. The molecule has 0 atom stereocenters. The number of pyridine rings is 1. The molecule has 1 fully saturated rings. The molecule has 1 saturated heterocycles. The van der Waals surface area contributed by atoms with Crippen molar-refractivity contribution in [3.05, 3.63) is 75.8 Å². The van der Waals surface area contributed by atoms with Crippen LogP contribution in [0.2, 0.25) is 0 Å². The minimum atomic E-state index is -0.361. The number of halogens is 1. The van der Waals surface area contributed by atoms with Gasteiger partial charge in [0.2, 0.25) is 5.56 Å². The summed E-state index contributed by atoms with van der Waals surface area (Å²) < 4.78 is 13.8. The van der Waals surface area contributed by atoms with Gasteiger partial charge in [-0.2, -0.15) is 0 Å². The van der Waals surface area contributed by atoms with Crippen molar-refractivity contribution in [1.82, 2.24) is 14.8 Å². The first kappa shape index (κ1) is 18.5. The Balaban J connectivity index is 1.32. The summed E-state index contributed by atoms with van der Waals surface area (Å²) in [5.41, 5.74) is 1.93. The lowest BCUT2D eigenvalue weighted by atomic mass is 10.1. The lowest BCUT2D eigenvalue weighted by Gasteiger charge is -2.37. The number of piperazine rings is 1. The van der Waals surface area contributed by atoms with E-state index in [9.17, 15) is 18.8 Å². The van der Waals surface area contributed by atoms with Gasteiger partial charge in [0, 0.05) is 37.6 Å². The predicted molar refractivity (Wildman–Crippen MR) is 110 cm³/mol. The van der Waals surface area contributed by atoms with E-state index in [1.807, 2.05) is 9.80 Å². The van der Waals surface area contributed by atoms with Crippen LogP contribution in [-0.4, -0.2) is 59.4 Å². The third kappa shape index (κ3) is 3.05. The Morgan fingerprint density at radius 3 is 2.20 bits per heavy atom. The summed E-state index contributed by atoms with van der Waals surface area (Å²) in [6.07, 6.45) is 0. The van der Waals surface area contributed by atoms with Gasteiger partial charge in [-0.15, -0.1) is 0 Å². The van der Waals surface area contributed by atoms with Crippen LogP contribution in [-0.2, 0) is 0 Å². The maximum absolute atomic E-state index is 13.8. The molecule has 1 N–H and O–H groups in total. The average Bonchev–Trinajstić information content (AvgIpc) is 2.99. The van der Waals surface area contributed by atoms with E-state index >= 15 is 0 Å². The number of hydrogen-bond donors (Lipinski definition) is 1. The standard InChI is InChI=1S/C22H19FN4O3/c23-14-5-6-18-17(11-14)19(12-20(28)24-18)26-9-7-25(8-10-26)13-27-21(29)15-3-1-2-4-16(15)22(27)30/h1-6,11-12H,7-10,13H2,(H,24,28). The van der Waals surface area contributed by atoms with Gasteiger partial charge >= 0.3 is 0 Å². The molecule has 30 heavy (non-hydrogen) atoms. The van der Waals surface area contributed by atoms with Crippen LogP contribution in [0.4, 0.5) is 10.1 Å². The summed E-state index contributed by atoms with van der Waals surface area (Å²) in [4.78, 5) is 45.3. The van der Waals surface area contributed by atoms with Crippen molar-refractivity contribution < 1.29 is 14.0 Å². The number of carbonyl (C=O) groups excluding carboxylic acids is 2. The number of imide groups is 1. The maximum Gasteiger partial charge on any atom is 0.262 e. The highest BCUT2D eigenvalue weighted by Crippen LogP contribution is 2.27. The fraction of sp³-hybridized carbons (Fsp3) is 0.227. The molecule has 8 heteroatoms. The molecule has 3 aromatic rings. The predicted octanol–water partition coefficient (Wildman–Crippen LogP) is 2.04. The van der Waals surface area contributed by atoms with Crippen molar-refractivity contribution in [1.29, 1.82) is 0 Å². The monoisotopic (exact) mass is 406 g/mol. The molecule has 0 aliphatic carbocycles. The second-order valence-electron chi connectivity index (χ2n) is 7.54. The van der Waals surface area contributed by atoms with Crippen LogP contribution in [0, 0.1) is 5.82 Å². The number of hydrogen-bond acceptors (Lipinski definition) is 5. The Kier molecular flexibility index (Phi) is 4.36. The number of aromatic amines is 1. The van der Waals surface area contributed by atoms with Crippen LogP contribution in [0.5, 0.6) is 0 Å². The Morgan fingerprint density at radius 1 is 0.867 bits per heavy atom. The molecule has 152 valence electrons. The lowest BCUT2D eigenvalue weighted by molar-refractivity contribution is 0.0535. The summed E-state index contributed by atoms with van der Waals surface area (Å²) in [7, 11) is 0. The topological polar surface area (TPSA) is 76.7 Å². The fourth-order valence-electron chi connectivity index (χ4n) is 4.17. The van der Waals surface area contributed by atoms with E-state index in [1.165, 1.54) is 23.1 Å². The van der Waals surface area contributed by atoms with Crippen molar-refractivity contribution in [2.45, 2.75) is 0 Å². The summed E-state index contributed by atoms with van der Waals surface area (Å²) in [6.45, 7) is 2.63. The Morgan fingerprint density at radius 2 is 1.53 bits per heavy atom. The van der Waals surface area contributed by atoms with Gasteiger partial charge in [0.1, 0.15) is 5.82 Å². The van der Waals surface area contributed by atoms with E-state index in [2.05, 4.69) is 4.98 Å². The van der Waals surface area contributed by atoms with Gasteiger partial charge in [0.25, 0.3) is 11.8 Å². The van der Waals surface area contributed by atoms with Gasteiger partial charge in [-0.05, 0) is 30.3 Å². The smallest absolute Gasteiger partial charge is 0.262 e. The highest BCUT2D eigenvalue weighted by atomic mass is 19.1. The summed E-state index contributed by atoms with van der Waals surface area (Å²) >= 11 is 0. The molecular formula is C22H19FN4O3. The first-order valence-electron chi connectivity index (χ1n) is 9.76. The van der Waals surface area contributed by atoms with Crippen LogP contribution in [0.1, 0.15) is 20.7 Å². The zero-order valence-corrected chi connectivity index (χ0v) is 16.1. The van der Waals surface area contributed by atoms with Gasteiger partial charge in [-0.3, -0.25) is 24.2 Å². The van der Waals surface area contributed by atoms with Crippen LogP contribution in [0.3, 0.4) is 0 Å².